The first-order chi connectivity index (χ1) is 8.66. The Labute approximate surface area is 109 Å². The minimum atomic E-state index is -0.205. The average Bonchev–Trinajstić information content (AvgIpc) is 2.97. The Bertz CT molecular complexity index is 422. The van der Waals surface area contributed by atoms with Crippen LogP contribution < -0.4 is 5.32 Å². The molecule has 1 unspecified atom stereocenters. The number of aromatic amines is 1. The number of hydrogen-bond acceptors (Lipinski definition) is 5. The molecule has 98 valence electrons. The summed E-state index contributed by atoms with van der Waals surface area (Å²) in [5.41, 5.74) is 0. The molecule has 0 aliphatic carbocycles. The van der Waals surface area contributed by atoms with Gasteiger partial charge in [0.15, 0.2) is 0 Å². The van der Waals surface area contributed by atoms with Gasteiger partial charge in [-0.2, -0.15) is 5.10 Å². The first kappa shape index (κ1) is 12.9. The topological polar surface area (TPSA) is 91.0 Å². The third-order valence-electron chi connectivity index (χ3n) is 2.68. The monoisotopic (exact) mass is 269 g/mol. The van der Waals surface area contributed by atoms with Crippen molar-refractivity contribution in [3.8, 4) is 0 Å². The molecule has 1 atom stereocenters. The van der Waals surface area contributed by atoms with E-state index in [0.29, 0.717) is 18.8 Å². The fourth-order valence-corrected chi connectivity index (χ4v) is 2.52. The molecule has 8 heteroatoms. The Hall–Kier alpha value is -1.57. The predicted octanol–water partition coefficient (Wildman–Crippen LogP) is 0.541. The highest BCUT2D eigenvalue weighted by Crippen LogP contribution is 2.17. The molecule has 1 aliphatic rings. The van der Waals surface area contributed by atoms with E-state index in [4.69, 9.17) is 0 Å². The maximum Gasteiger partial charge on any atom is 0.281 e. The van der Waals surface area contributed by atoms with Crippen molar-refractivity contribution in [1.82, 2.24) is 25.4 Å². The van der Waals surface area contributed by atoms with E-state index in [1.54, 1.807) is 4.90 Å². The van der Waals surface area contributed by atoms with Crippen molar-refractivity contribution in [1.29, 1.82) is 0 Å². The summed E-state index contributed by atoms with van der Waals surface area (Å²) in [5, 5.41) is 9.29. The van der Waals surface area contributed by atoms with Crippen molar-refractivity contribution in [2.45, 2.75) is 19.4 Å². The van der Waals surface area contributed by atoms with Crippen LogP contribution in [-0.2, 0) is 4.79 Å². The van der Waals surface area contributed by atoms with E-state index >= 15 is 0 Å². The maximum absolute atomic E-state index is 11.7. The van der Waals surface area contributed by atoms with Gasteiger partial charge in [-0.25, -0.2) is 4.98 Å². The van der Waals surface area contributed by atoms with Gasteiger partial charge in [0.1, 0.15) is 12.2 Å². The van der Waals surface area contributed by atoms with Crippen molar-refractivity contribution in [3.63, 3.8) is 0 Å². The molecular formula is C10H15N5O2S. The highest BCUT2D eigenvalue weighted by molar-refractivity contribution is 8.13. The summed E-state index contributed by atoms with van der Waals surface area (Å²) >= 11 is 1.30. The van der Waals surface area contributed by atoms with E-state index in [9.17, 15) is 9.59 Å². The van der Waals surface area contributed by atoms with Gasteiger partial charge in [-0.05, 0) is 6.92 Å². The number of nitrogens with one attached hydrogen (secondary N) is 2. The number of amides is 2. The Kier molecular flexibility index (Phi) is 4.19. The molecule has 2 N–H and O–H groups in total. The molecule has 0 spiro atoms. The molecule has 2 rings (SSSR count). The molecule has 2 heterocycles. The normalized spacial score (nSPS) is 16.9. The zero-order chi connectivity index (χ0) is 13.0. The van der Waals surface area contributed by atoms with Gasteiger partial charge < -0.3 is 10.2 Å². The number of hydrogen-bond donors (Lipinski definition) is 2. The molecule has 18 heavy (non-hydrogen) atoms. The van der Waals surface area contributed by atoms with E-state index in [1.807, 2.05) is 6.92 Å². The molecular weight excluding hydrogens is 254 g/mol. The standard InChI is InChI=1S/C10H15N5O2S/c1-7(9-11-6-12-14-9)13-8(16)2-3-15-4-5-18-10(15)17/h6-7H,2-5H2,1H3,(H,13,16)(H,11,12,14). The summed E-state index contributed by atoms with van der Waals surface area (Å²) in [7, 11) is 0. The summed E-state index contributed by atoms with van der Waals surface area (Å²) in [6.45, 7) is 3.03. The molecule has 7 nitrogen and oxygen atoms in total. The highest BCUT2D eigenvalue weighted by atomic mass is 32.2. The molecule has 1 aromatic heterocycles. The van der Waals surface area contributed by atoms with E-state index in [0.717, 1.165) is 12.3 Å². The maximum atomic E-state index is 11.7. The SMILES string of the molecule is CC(NC(=O)CCN1CCSC1=O)c1ncn[nH]1. The lowest BCUT2D eigenvalue weighted by Gasteiger charge is -2.15. The lowest BCUT2D eigenvalue weighted by atomic mass is 10.3. The second kappa shape index (κ2) is 5.85. The van der Waals surface area contributed by atoms with Crippen LogP contribution >= 0.6 is 11.8 Å². The predicted molar refractivity (Wildman–Crippen MR) is 67.0 cm³/mol. The minimum absolute atomic E-state index is 0.0612. The first-order valence-corrected chi connectivity index (χ1v) is 6.71. The van der Waals surface area contributed by atoms with Gasteiger partial charge in [0.25, 0.3) is 5.24 Å². The number of rotatable bonds is 5. The van der Waals surface area contributed by atoms with Crippen LogP contribution in [0.2, 0.25) is 0 Å². The summed E-state index contributed by atoms with van der Waals surface area (Å²) in [6.07, 6.45) is 1.71. The van der Waals surface area contributed by atoms with Gasteiger partial charge in [0.2, 0.25) is 5.91 Å². The van der Waals surface area contributed by atoms with Crippen LogP contribution in [0.3, 0.4) is 0 Å². The number of carbonyl (C=O) groups is 2. The zero-order valence-corrected chi connectivity index (χ0v) is 10.9. The van der Waals surface area contributed by atoms with Crippen molar-refractivity contribution in [2.24, 2.45) is 0 Å². The number of thioether (sulfide) groups is 1. The van der Waals surface area contributed by atoms with Crippen LogP contribution in [0.15, 0.2) is 6.33 Å². The lowest BCUT2D eigenvalue weighted by Crippen LogP contribution is -2.32. The van der Waals surface area contributed by atoms with Gasteiger partial charge in [0.05, 0.1) is 6.04 Å². The van der Waals surface area contributed by atoms with E-state index in [2.05, 4.69) is 20.5 Å². The molecule has 1 aromatic rings. The summed E-state index contributed by atoms with van der Waals surface area (Å²) in [6, 6.07) is -0.205. The Balaban J connectivity index is 1.73. The number of nitrogens with zero attached hydrogens (tertiary/aromatic N) is 3. The Morgan fingerprint density at radius 3 is 3.17 bits per heavy atom. The lowest BCUT2D eigenvalue weighted by molar-refractivity contribution is -0.121. The Morgan fingerprint density at radius 1 is 1.72 bits per heavy atom. The quantitative estimate of drug-likeness (QED) is 0.814. The molecule has 2 amide bonds. The number of carbonyl (C=O) groups excluding carboxylic acids is 2. The molecule has 0 bridgehead atoms. The van der Waals surface area contributed by atoms with Gasteiger partial charge in [0, 0.05) is 25.3 Å². The third-order valence-corrected chi connectivity index (χ3v) is 3.57. The third kappa shape index (κ3) is 3.22. The number of H-pyrrole nitrogens is 1. The fraction of sp³-hybridized carbons (Fsp3) is 0.600. The molecule has 0 aromatic carbocycles. The Morgan fingerprint density at radius 2 is 2.56 bits per heavy atom. The highest BCUT2D eigenvalue weighted by Gasteiger charge is 2.21. The smallest absolute Gasteiger partial charge is 0.281 e. The molecule has 0 radical (unpaired) electrons. The van der Waals surface area contributed by atoms with Crippen molar-refractivity contribution < 1.29 is 9.59 Å². The van der Waals surface area contributed by atoms with E-state index < -0.39 is 0 Å². The second-order valence-electron chi connectivity index (χ2n) is 4.01. The summed E-state index contributed by atoms with van der Waals surface area (Å²) in [5.74, 6) is 1.34. The molecule has 1 saturated heterocycles. The van der Waals surface area contributed by atoms with Crippen LogP contribution in [0.5, 0.6) is 0 Å². The van der Waals surface area contributed by atoms with Crippen molar-refractivity contribution in [2.75, 3.05) is 18.8 Å². The van der Waals surface area contributed by atoms with Crippen LogP contribution in [0.4, 0.5) is 4.79 Å². The second-order valence-corrected chi connectivity index (χ2v) is 5.06. The summed E-state index contributed by atoms with van der Waals surface area (Å²) in [4.78, 5) is 28.7. The largest absolute Gasteiger partial charge is 0.346 e. The molecule has 1 aliphatic heterocycles. The summed E-state index contributed by atoms with van der Waals surface area (Å²) < 4.78 is 0. The van der Waals surface area contributed by atoms with Crippen molar-refractivity contribution in [3.05, 3.63) is 12.2 Å². The van der Waals surface area contributed by atoms with E-state index in [-0.39, 0.29) is 17.2 Å². The van der Waals surface area contributed by atoms with Gasteiger partial charge in [-0.1, -0.05) is 11.8 Å². The van der Waals surface area contributed by atoms with Crippen molar-refractivity contribution >= 4 is 22.9 Å². The average molecular weight is 269 g/mol. The van der Waals surface area contributed by atoms with Crippen LogP contribution in [-0.4, -0.2) is 50.1 Å². The van der Waals surface area contributed by atoms with E-state index in [1.165, 1.54) is 18.1 Å². The molecule has 0 saturated carbocycles. The molecule has 1 fully saturated rings. The van der Waals surface area contributed by atoms with Gasteiger partial charge >= 0.3 is 0 Å². The fourth-order valence-electron chi connectivity index (χ4n) is 1.67. The van der Waals surface area contributed by atoms with Crippen LogP contribution in [0, 0.1) is 0 Å². The van der Waals surface area contributed by atoms with Crippen LogP contribution in [0.1, 0.15) is 25.2 Å². The zero-order valence-electron chi connectivity index (χ0n) is 10.0. The number of aromatic nitrogens is 3. The first-order valence-electron chi connectivity index (χ1n) is 5.73. The van der Waals surface area contributed by atoms with Gasteiger partial charge in [-0.3, -0.25) is 14.7 Å². The minimum Gasteiger partial charge on any atom is -0.346 e. The van der Waals surface area contributed by atoms with Crippen LogP contribution in [0.25, 0.3) is 0 Å². The van der Waals surface area contributed by atoms with Gasteiger partial charge in [-0.15, -0.1) is 0 Å².